The summed E-state index contributed by atoms with van der Waals surface area (Å²) in [6, 6.07) is 0. The van der Waals surface area contributed by atoms with Gasteiger partial charge in [-0.2, -0.15) is 5.10 Å². The summed E-state index contributed by atoms with van der Waals surface area (Å²) in [4.78, 5) is 31.4. The van der Waals surface area contributed by atoms with Crippen LogP contribution in [-0.4, -0.2) is 43.2 Å². The zero-order valence-corrected chi connectivity index (χ0v) is 14.9. The topological polar surface area (TPSA) is 73.0 Å². The van der Waals surface area contributed by atoms with Gasteiger partial charge in [-0.1, -0.05) is 0 Å². The van der Waals surface area contributed by atoms with Gasteiger partial charge >= 0.3 is 0 Å². The Hall–Kier alpha value is -2.18. The molecule has 7 heteroatoms. The van der Waals surface area contributed by atoms with E-state index in [0.717, 1.165) is 25.9 Å². The molecule has 0 N–H and O–H groups in total. The number of likely N-dealkylation sites (tertiary alicyclic amines) is 1. The maximum atomic E-state index is 12.8. The van der Waals surface area contributed by atoms with Gasteiger partial charge in [-0.3, -0.25) is 14.2 Å². The van der Waals surface area contributed by atoms with Crippen LogP contribution in [0.2, 0.25) is 0 Å². The standard InChI is InChI=1S/C17H25N5O2/c1-12-19-15-13(11-18-22(15)17(2,3)4)16(24)21(12)10-7-14(23)20-8-5-6-9-20/h11H,5-10H2,1-4H3. The van der Waals surface area contributed by atoms with Crippen molar-refractivity contribution in [3.8, 4) is 0 Å². The van der Waals surface area contributed by atoms with Crippen LogP contribution >= 0.6 is 0 Å². The summed E-state index contributed by atoms with van der Waals surface area (Å²) in [6.45, 7) is 9.92. The second-order valence-electron chi connectivity index (χ2n) is 7.42. The van der Waals surface area contributed by atoms with Gasteiger partial charge in [0.05, 0.1) is 11.7 Å². The van der Waals surface area contributed by atoms with Crippen LogP contribution in [0.5, 0.6) is 0 Å². The fourth-order valence-electron chi connectivity index (χ4n) is 3.19. The summed E-state index contributed by atoms with van der Waals surface area (Å²) < 4.78 is 3.36. The first kappa shape index (κ1) is 16.7. The SMILES string of the molecule is Cc1nc2c(cnn2C(C)(C)C)c(=O)n1CCC(=O)N1CCCC1. The number of aryl methyl sites for hydroxylation is 1. The van der Waals surface area contributed by atoms with E-state index in [-0.39, 0.29) is 17.0 Å². The molecule has 0 aromatic carbocycles. The third kappa shape index (κ3) is 2.95. The molecule has 7 nitrogen and oxygen atoms in total. The predicted molar refractivity (Wildman–Crippen MR) is 92.0 cm³/mol. The molecular formula is C17H25N5O2. The van der Waals surface area contributed by atoms with Gasteiger partial charge in [0, 0.05) is 26.1 Å². The predicted octanol–water partition coefficient (Wildman–Crippen LogP) is 1.67. The first-order valence-electron chi connectivity index (χ1n) is 8.52. The Bertz CT molecular complexity index is 822. The smallest absolute Gasteiger partial charge is 0.264 e. The maximum absolute atomic E-state index is 12.8. The molecular weight excluding hydrogens is 306 g/mol. The highest BCUT2D eigenvalue weighted by Gasteiger charge is 2.22. The average molecular weight is 331 g/mol. The van der Waals surface area contributed by atoms with Crippen molar-refractivity contribution in [2.24, 2.45) is 0 Å². The van der Waals surface area contributed by atoms with E-state index in [0.29, 0.717) is 29.8 Å². The van der Waals surface area contributed by atoms with Crippen molar-refractivity contribution in [2.45, 2.75) is 59.0 Å². The number of aromatic nitrogens is 4. The molecule has 0 radical (unpaired) electrons. The van der Waals surface area contributed by atoms with Crippen molar-refractivity contribution in [1.82, 2.24) is 24.2 Å². The van der Waals surface area contributed by atoms with Crippen molar-refractivity contribution >= 4 is 16.9 Å². The number of rotatable bonds is 3. The molecule has 1 amide bonds. The van der Waals surface area contributed by atoms with E-state index in [1.165, 1.54) is 0 Å². The summed E-state index contributed by atoms with van der Waals surface area (Å²) in [5.41, 5.74) is 0.236. The number of carbonyl (C=O) groups is 1. The molecule has 0 aliphatic carbocycles. The lowest BCUT2D eigenvalue weighted by Crippen LogP contribution is -2.31. The van der Waals surface area contributed by atoms with Gasteiger partial charge in [-0.15, -0.1) is 0 Å². The van der Waals surface area contributed by atoms with E-state index in [1.54, 1.807) is 22.4 Å². The number of carbonyl (C=O) groups excluding carboxylic acids is 1. The maximum Gasteiger partial charge on any atom is 0.264 e. The van der Waals surface area contributed by atoms with Gasteiger partial charge < -0.3 is 4.90 Å². The molecule has 130 valence electrons. The Labute approximate surface area is 141 Å². The minimum atomic E-state index is -0.245. The first-order valence-corrected chi connectivity index (χ1v) is 8.52. The Balaban J connectivity index is 1.89. The molecule has 3 rings (SSSR count). The fraction of sp³-hybridized carbons (Fsp3) is 0.647. The van der Waals surface area contributed by atoms with E-state index in [4.69, 9.17) is 0 Å². The molecule has 0 unspecified atom stereocenters. The average Bonchev–Trinajstić information content (AvgIpc) is 3.15. The lowest BCUT2D eigenvalue weighted by Gasteiger charge is -2.20. The Morgan fingerprint density at radius 3 is 2.54 bits per heavy atom. The van der Waals surface area contributed by atoms with Crippen LogP contribution in [0.25, 0.3) is 11.0 Å². The monoisotopic (exact) mass is 331 g/mol. The van der Waals surface area contributed by atoms with E-state index in [9.17, 15) is 9.59 Å². The second-order valence-corrected chi connectivity index (χ2v) is 7.42. The van der Waals surface area contributed by atoms with Gasteiger partial charge in [0.15, 0.2) is 5.65 Å². The van der Waals surface area contributed by atoms with Crippen LogP contribution in [0.3, 0.4) is 0 Å². The van der Waals surface area contributed by atoms with Gasteiger partial charge in [0.2, 0.25) is 5.91 Å². The van der Waals surface area contributed by atoms with Crippen molar-refractivity contribution in [3.05, 3.63) is 22.4 Å². The van der Waals surface area contributed by atoms with E-state index < -0.39 is 0 Å². The lowest BCUT2D eigenvalue weighted by atomic mass is 10.1. The van der Waals surface area contributed by atoms with Crippen LogP contribution in [-0.2, 0) is 16.9 Å². The molecule has 1 aliphatic rings. The molecule has 1 aliphatic heterocycles. The highest BCUT2D eigenvalue weighted by Crippen LogP contribution is 2.18. The van der Waals surface area contributed by atoms with Gasteiger partial charge in [0.25, 0.3) is 5.56 Å². The summed E-state index contributed by atoms with van der Waals surface area (Å²) in [6.07, 6.45) is 4.06. The minimum Gasteiger partial charge on any atom is -0.343 e. The fourth-order valence-corrected chi connectivity index (χ4v) is 3.19. The van der Waals surface area contributed by atoms with Crippen molar-refractivity contribution in [1.29, 1.82) is 0 Å². The van der Waals surface area contributed by atoms with Crippen LogP contribution < -0.4 is 5.56 Å². The summed E-state index contributed by atoms with van der Waals surface area (Å²) >= 11 is 0. The molecule has 0 bridgehead atoms. The van der Waals surface area contributed by atoms with Gasteiger partial charge in [-0.05, 0) is 40.5 Å². The van der Waals surface area contributed by atoms with E-state index in [2.05, 4.69) is 10.1 Å². The third-order valence-corrected chi connectivity index (χ3v) is 4.52. The zero-order valence-electron chi connectivity index (χ0n) is 14.9. The summed E-state index contributed by atoms with van der Waals surface area (Å²) in [5, 5.41) is 4.84. The van der Waals surface area contributed by atoms with Crippen LogP contribution in [0.1, 0.15) is 45.9 Å². The number of hydrogen-bond acceptors (Lipinski definition) is 4. The second kappa shape index (κ2) is 6.03. The molecule has 1 fully saturated rings. The number of fused-ring (bicyclic) bond motifs is 1. The van der Waals surface area contributed by atoms with Crippen LogP contribution in [0.4, 0.5) is 0 Å². The largest absolute Gasteiger partial charge is 0.343 e. The lowest BCUT2D eigenvalue weighted by molar-refractivity contribution is -0.130. The van der Waals surface area contributed by atoms with E-state index in [1.807, 2.05) is 25.7 Å². The molecule has 0 spiro atoms. The van der Waals surface area contributed by atoms with Crippen molar-refractivity contribution < 1.29 is 4.79 Å². The Morgan fingerprint density at radius 1 is 1.25 bits per heavy atom. The molecule has 3 heterocycles. The number of amides is 1. The third-order valence-electron chi connectivity index (χ3n) is 4.52. The number of nitrogens with zero attached hydrogens (tertiary/aromatic N) is 5. The summed E-state index contributed by atoms with van der Waals surface area (Å²) in [7, 11) is 0. The normalized spacial score (nSPS) is 15.4. The minimum absolute atomic E-state index is 0.115. The molecule has 2 aromatic rings. The molecule has 0 saturated carbocycles. The van der Waals surface area contributed by atoms with Crippen LogP contribution in [0, 0.1) is 6.92 Å². The highest BCUT2D eigenvalue weighted by atomic mass is 16.2. The van der Waals surface area contributed by atoms with Crippen molar-refractivity contribution in [2.75, 3.05) is 13.1 Å². The quantitative estimate of drug-likeness (QED) is 0.857. The Morgan fingerprint density at radius 2 is 1.92 bits per heavy atom. The van der Waals surface area contributed by atoms with Gasteiger partial charge in [0.1, 0.15) is 11.2 Å². The zero-order chi connectivity index (χ0) is 17.5. The van der Waals surface area contributed by atoms with Crippen LogP contribution in [0.15, 0.2) is 11.0 Å². The first-order chi connectivity index (χ1) is 11.3. The molecule has 2 aromatic heterocycles. The number of hydrogen-bond donors (Lipinski definition) is 0. The summed E-state index contributed by atoms with van der Waals surface area (Å²) in [5.74, 6) is 0.733. The Kier molecular flexibility index (Phi) is 4.19. The molecule has 1 saturated heterocycles. The van der Waals surface area contributed by atoms with E-state index >= 15 is 0 Å². The van der Waals surface area contributed by atoms with Crippen molar-refractivity contribution in [3.63, 3.8) is 0 Å². The molecule has 24 heavy (non-hydrogen) atoms. The molecule has 0 atom stereocenters. The van der Waals surface area contributed by atoms with Gasteiger partial charge in [-0.25, -0.2) is 9.67 Å². The highest BCUT2D eigenvalue weighted by molar-refractivity contribution is 5.76.